The van der Waals surface area contributed by atoms with Gasteiger partial charge in [-0.15, -0.1) is 0 Å². The van der Waals surface area contributed by atoms with Gasteiger partial charge in [-0.1, -0.05) is 69.3 Å². The van der Waals surface area contributed by atoms with Crippen LogP contribution in [0.25, 0.3) is 0 Å². The van der Waals surface area contributed by atoms with Gasteiger partial charge in [0.2, 0.25) is 0 Å². The van der Waals surface area contributed by atoms with Gasteiger partial charge in [-0.3, -0.25) is 11.3 Å². The van der Waals surface area contributed by atoms with Crippen LogP contribution in [0.4, 0.5) is 0 Å². The fraction of sp³-hybridized carbons (Fsp3) is 0.625. The van der Waals surface area contributed by atoms with Gasteiger partial charge >= 0.3 is 0 Å². The van der Waals surface area contributed by atoms with Crippen molar-refractivity contribution in [2.75, 3.05) is 0 Å². The number of hydrazine groups is 1. The first-order valence-corrected chi connectivity index (χ1v) is 7.72. The molecule has 0 aliphatic heterocycles. The largest absolute Gasteiger partial charge is 0.271 e. The Kier molecular flexibility index (Phi) is 7.44. The number of aryl methyl sites for hydroxylation is 1. The molecule has 0 saturated carbocycles. The van der Waals surface area contributed by atoms with Crippen LogP contribution in [0.3, 0.4) is 0 Å². The highest BCUT2D eigenvalue weighted by molar-refractivity contribution is 6.32. The molecule has 3 heteroatoms. The van der Waals surface area contributed by atoms with Gasteiger partial charge in [0, 0.05) is 11.1 Å². The fourth-order valence-corrected chi connectivity index (χ4v) is 2.80. The molecular formula is C16H27ClN2. The zero-order valence-corrected chi connectivity index (χ0v) is 13.1. The summed E-state index contributed by atoms with van der Waals surface area (Å²) in [6, 6.07) is 6.31. The van der Waals surface area contributed by atoms with Crippen molar-refractivity contribution in [1.82, 2.24) is 5.43 Å². The molecule has 0 aliphatic rings. The van der Waals surface area contributed by atoms with E-state index in [1.807, 2.05) is 19.1 Å². The van der Waals surface area contributed by atoms with Crippen LogP contribution in [0.2, 0.25) is 5.02 Å². The first-order valence-electron chi connectivity index (χ1n) is 7.35. The lowest BCUT2D eigenvalue weighted by Crippen LogP contribution is -2.30. The van der Waals surface area contributed by atoms with E-state index < -0.39 is 0 Å². The van der Waals surface area contributed by atoms with Crippen molar-refractivity contribution in [3.05, 3.63) is 34.3 Å². The van der Waals surface area contributed by atoms with E-state index in [1.54, 1.807) is 0 Å². The molecule has 0 aromatic heterocycles. The Morgan fingerprint density at radius 3 is 2.63 bits per heavy atom. The molecule has 0 heterocycles. The number of benzene rings is 1. The van der Waals surface area contributed by atoms with Crippen molar-refractivity contribution >= 4 is 11.6 Å². The highest BCUT2D eigenvalue weighted by atomic mass is 35.5. The maximum absolute atomic E-state index is 6.40. The summed E-state index contributed by atoms with van der Waals surface area (Å²) in [5.74, 6) is 6.45. The SMILES string of the molecule is CCCCC(CC)CC(NN)c1cccc(C)c1Cl. The minimum atomic E-state index is 0.147. The molecule has 0 saturated heterocycles. The second-order valence-corrected chi connectivity index (χ2v) is 5.73. The maximum atomic E-state index is 6.40. The molecule has 19 heavy (non-hydrogen) atoms. The van der Waals surface area contributed by atoms with E-state index in [4.69, 9.17) is 17.4 Å². The summed E-state index contributed by atoms with van der Waals surface area (Å²) >= 11 is 6.40. The van der Waals surface area contributed by atoms with E-state index in [1.165, 1.54) is 25.7 Å². The van der Waals surface area contributed by atoms with Gasteiger partial charge in [0.15, 0.2) is 0 Å². The number of hydrogen-bond donors (Lipinski definition) is 2. The summed E-state index contributed by atoms with van der Waals surface area (Å²) in [7, 11) is 0. The Labute approximate surface area is 122 Å². The summed E-state index contributed by atoms with van der Waals surface area (Å²) in [5, 5.41) is 0.843. The molecule has 0 amide bonds. The van der Waals surface area contributed by atoms with Gasteiger partial charge in [0.25, 0.3) is 0 Å². The summed E-state index contributed by atoms with van der Waals surface area (Å²) in [6.07, 6.45) is 6.06. The third-order valence-corrected chi connectivity index (χ3v) is 4.43. The van der Waals surface area contributed by atoms with E-state index in [-0.39, 0.29) is 6.04 Å². The molecule has 0 spiro atoms. The summed E-state index contributed by atoms with van der Waals surface area (Å²) in [5.41, 5.74) is 5.18. The smallest absolute Gasteiger partial charge is 0.0483 e. The number of nitrogens with two attached hydrogens (primary N) is 1. The Balaban J connectivity index is 2.79. The molecule has 0 radical (unpaired) electrons. The van der Waals surface area contributed by atoms with Crippen LogP contribution < -0.4 is 11.3 Å². The molecule has 108 valence electrons. The average Bonchev–Trinajstić information content (AvgIpc) is 2.43. The Morgan fingerprint density at radius 1 is 1.32 bits per heavy atom. The van der Waals surface area contributed by atoms with Crippen molar-refractivity contribution in [3.8, 4) is 0 Å². The monoisotopic (exact) mass is 282 g/mol. The predicted octanol–water partition coefficient (Wildman–Crippen LogP) is 4.76. The predicted molar refractivity (Wildman–Crippen MR) is 84.2 cm³/mol. The number of rotatable bonds is 8. The third kappa shape index (κ3) is 4.79. The van der Waals surface area contributed by atoms with Gasteiger partial charge in [-0.2, -0.15) is 0 Å². The summed E-state index contributed by atoms with van der Waals surface area (Å²) in [4.78, 5) is 0. The van der Waals surface area contributed by atoms with Crippen molar-refractivity contribution in [3.63, 3.8) is 0 Å². The topological polar surface area (TPSA) is 38.0 Å². The Bertz CT molecular complexity index is 379. The van der Waals surface area contributed by atoms with E-state index in [9.17, 15) is 0 Å². The van der Waals surface area contributed by atoms with Gasteiger partial charge < -0.3 is 0 Å². The number of nitrogens with one attached hydrogen (secondary N) is 1. The first-order chi connectivity index (χ1) is 9.13. The van der Waals surface area contributed by atoms with E-state index in [0.29, 0.717) is 5.92 Å². The highest BCUT2D eigenvalue weighted by Crippen LogP contribution is 2.31. The van der Waals surface area contributed by atoms with Crippen molar-refractivity contribution in [2.45, 2.75) is 58.9 Å². The van der Waals surface area contributed by atoms with Crippen LogP contribution in [0.15, 0.2) is 18.2 Å². The van der Waals surface area contributed by atoms with E-state index in [0.717, 1.165) is 22.6 Å². The fourth-order valence-electron chi connectivity index (χ4n) is 2.54. The standard InChI is InChI=1S/C16H27ClN2/c1-4-6-9-13(5-2)11-15(19-18)14-10-7-8-12(3)16(14)17/h7-8,10,13,15,19H,4-6,9,11,18H2,1-3H3. The Morgan fingerprint density at radius 2 is 2.05 bits per heavy atom. The molecule has 3 N–H and O–H groups in total. The highest BCUT2D eigenvalue weighted by Gasteiger charge is 2.18. The van der Waals surface area contributed by atoms with E-state index in [2.05, 4.69) is 25.3 Å². The van der Waals surface area contributed by atoms with Crippen molar-refractivity contribution < 1.29 is 0 Å². The molecule has 1 aromatic carbocycles. The third-order valence-electron chi connectivity index (χ3n) is 3.91. The second-order valence-electron chi connectivity index (χ2n) is 5.35. The van der Waals surface area contributed by atoms with Gasteiger partial charge in [-0.05, 0) is 30.4 Å². The van der Waals surface area contributed by atoms with Crippen LogP contribution in [-0.2, 0) is 0 Å². The minimum absolute atomic E-state index is 0.147. The van der Waals surface area contributed by atoms with Gasteiger partial charge in [0.1, 0.15) is 0 Å². The van der Waals surface area contributed by atoms with Crippen LogP contribution in [0, 0.1) is 12.8 Å². The van der Waals surface area contributed by atoms with Crippen LogP contribution >= 0.6 is 11.6 Å². The quantitative estimate of drug-likeness (QED) is 0.533. The number of hydrogen-bond acceptors (Lipinski definition) is 2. The van der Waals surface area contributed by atoms with Crippen molar-refractivity contribution in [2.24, 2.45) is 11.8 Å². The van der Waals surface area contributed by atoms with Gasteiger partial charge in [-0.25, -0.2) is 0 Å². The summed E-state index contributed by atoms with van der Waals surface area (Å²) in [6.45, 7) is 6.53. The average molecular weight is 283 g/mol. The number of unbranched alkanes of at least 4 members (excludes halogenated alkanes) is 1. The van der Waals surface area contributed by atoms with Crippen LogP contribution in [0.1, 0.15) is 63.1 Å². The molecule has 0 aliphatic carbocycles. The molecule has 0 fully saturated rings. The molecule has 1 rings (SSSR count). The molecule has 1 aromatic rings. The minimum Gasteiger partial charge on any atom is -0.271 e. The normalized spacial score (nSPS) is 14.4. The lowest BCUT2D eigenvalue weighted by atomic mass is 9.89. The maximum Gasteiger partial charge on any atom is 0.0483 e. The molecular weight excluding hydrogens is 256 g/mol. The molecule has 2 unspecified atom stereocenters. The lowest BCUT2D eigenvalue weighted by Gasteiger charge is -2.24. The van der Waals surface area contributed by atoms with E-state index >= 15 is 0 Å². The lowest BCUT2D eigenvalue weighted by molar-refractivity contribution is 0.356. The molecule has 2 nitrogen and oxygen atoms in total. The molecule has 2 atom stereocenters. The summed E-state index contributed by atoms with van der Waals surface area (Å²) < 4.78 is 0. The zero-order valence-electron chi connectivity index (χ0n) is 12.4. The second kappa shape index (κ2) is 8.57. The Hall–Kier alpha value is -0.570. The van der Waals surface area contributed by atoms with Gasteiger partial charge in [0.05, 0.1) is 0 Å². The van der Waals surface area contributed by atoms with Crippen LogP contribution in [-0.4, -0.2) is 0 Å². The van der Waals surface area contributed by atoms with Crippen LogP contribution in [0.5, 0.6) is 0 Å². The van der Waals surface area contributed by atoms with Crippen molar-refractivity contribution in [1.29, 1.82) is 0 Å². The first kappa shape index (κ1) is 16.5. The molecule has 0 bridgehead atoms. The zero-order chi connectivity index (χ0) is 14.3. The number of halogens is 1.